The summed E-state index contributed by atoms with van der Waals surface area (Å²) in [7, 11) is 0. The van der Waals surface area contributed by atoms with Crippen molar-refractivity contribution in [2.75, 3.05) is 5.73 Å². The second kappa shape index (κ2) is 6.13. The number of hydrogen-bond donors (Lipinski definition) is 1. The van der Waals surface area contributed by atoms with Crippen LogP contribution in [0.1, 0.15) is 25.3 Å². The predicted octanol–water partition coefficient (Wildman–Crippen LogP) is 4.72. The molecule has 2 aromatic carbocycles. The fourth-order valence-corrected chi connectivity index (χ4v) is 1.88. The maximum absolute atomic E-state index is 10.6. The summed E-state index contributed by atoms with van der Waals surface area (Å²) in [6.07, 6.45) is 0. The molecule has 0 radical (unpaired) electrons. The van der Waals surface area contributed by atoms with Gasteiger partial charge in [0.05, 0.1) is 16.3 Å². The van der Waals surface area contributed by atoms with E-state index in [1.807, 2.05) is 12.1 Å². The fourth-order valence-electron chi connectivity index (χ4n) is 1.88. The van der Waals surface area contributed by atoms with Gasteiger partial charge in [0, 0.05) is 17.8 Å². The standard InChI is InChI=1S/C15H16N4O2/c1-10(2)14-9-11(16)3-8-15(14)18-17-12-4-6-13(7-5-12)19(20)21/h3-10H,16H2,1-2H3/b18-17+. The molecule has 6 nitrogen and oxygen atoms in total. The summed E-state index contributed by atoms with van der Waals surface area (Å²) < 4.78 is 0. The average molecular weight is 284 g/mol. The summed E-state index contributed by atoms with van der Waals surface area (Å²) in [5.74, 6) is 0.277. The van der Waals surface area contributed by atoms with E-state index in [0.29, 0.717) is 11.4 Å². The minimum Gasteiger partial charge on any atom is -0.399 e. The first-order valence-electron chi connectivity index (χ1n) is 6.53. The van der Waals surface area contributed by atoms with E-state index in [9.17, 15) is 10.1 Å². The molecule has 2 aromatic rings. The number of benzene rings is 2. The zero-order chi connectivity index (χ0) is 15.4. The van der Waals surface area contributed by atoms with Gasteiger partial charge >= 0.3 is 0 Å². The summed E-state index contributed by atoms with van der Waals surface area (Å²) >= 11 is 0. The zero-order valence-electron chi connectivity index (χ0n) is 11.9. The van der Waals surface area contributed by atoms with E-state index in [1.54, 1.807) is 18.2 Å². The van der Waals surface area contributed by atoms with Crippen molar-refractivity contribution in [3.63, 3.8) is 0 Å². The minimum atomic E-state index is -0.447. The van der Waals surface area contributed by atoms with Gasteiger partial charge in [-0.2, -0.15) is 10.2 Å². The molecule has 0 aromatic heterocycles. The number of nitro groups is 1. The topological polar surface area (TPSA) is 93.9 Å². The van der Waals surface area contributed by atoms with Crippen LogP contribution in [0.4, 0.5) is 22.7 Å². The van der Waals surface area contributed by atoms with Crippen LogP contribution >= 0.6 is 0 Å². The predicted molar refractivity (Wildman–Crippen MR) is 82.2 cm³/mol. The maximum Gasteiger partial charge on any atom is 0.269 e. The molecule has 108 valence electrons. The summed E-state index contributed by atoms with van der Waals surface area (Å²) in [5, 5.41) is 18.9. The fraction of sp³-hybridized carbons (Fsp3) is 0.200. The lowest BCUT2D eigenvalue weighted by Gasteiger charge is -2.09. The Morgan fingerprint density at radius 2 is 1.76 bits per heavy atom. The molecule has 2 N–H and O–H groups in total. The summed E-state index contributed by atoms with van der Waals surface area (Å²) in [5.41, 5.74) is 8.83. The monoisotopic (exact) mass is 284 g/mol. The highest BCUT2D eigenvalue weighted by atomic mass is 16.6. The summed E-state index contributed by atoms with van der Waals surface area (Å²) in [6.45, 7) is 4.11. The molecule has 0 aliphatic carbocycles. The third-order valence-electron chi connectivity index (χ3n) is 3.01. The van der Waals surface area contributed by atoms with Crippen molar-refractivity contribution in [2.24, 2.45) is 10.2 Å². The van der Waals surface area contributed by atoms with Gasteiger partial charge < -0.3 is 5.73 Å². The molecule has 0 aliphatic heterocycles. The highest BCUT2D eigenvalue weighted by Gasteiger charge is 2.07. The maximum atomic E-state index is 10.6. The Hall–Kier alpha value is -2.76. The lowest BCUT2D eigenvalue weighted by molar-refractivity contribution is -0.384. The molecule has 0 saturated heterocycles. The lowest BCUT2D eigenvalue weighted by atomic mass is 10.0. The van der Waals surface area contributed by atoms with Gasteiger partial charge in [-0.1, -0.05) is 13.8 Å². The second-order valence-electron chi connectivity index (χ2n) is 4.95. The van der Waals surface area contributed by atoms with Crippen LogP contribution in [-0.4, -0.2) is 4.92 Å². The second-order valence-corrected chi connectivity index (χ2v) is 4.95. The molecule has 0 atom stereocenters. The van der Waals surface area contributed by atoms with E-state index in [1.165, 1.54) is 12.1 Å². The summed E-state index contributed by atoms with van der Waals surface area (Å²) in [6, 6.07) is 11.4. The highest BCUT2D eigenvalue weighted by Crippen LogP contribution is 2.30. The Bertz CT molecular complexity index is 679. The number of nitro benzene ring substituents is 1. The van der Waals surface area contributed by atoms with E-state index in [0.717, 1.165) is 11.3 Å². The van der Waals surface area contributed by atoms with Crippen LogP contribution < -0.4 is 5.73 Å². The molecule has 0 saturated carbocycles. The van der Waals surface area contributed by atoms with Gasteiger partial charge in [0.15, 0.2) is 0 Å². The van der Waals surface area contributed by atoms with Gasteiger partial charge in [-0.3, -0.25) is 10.1 Å². The zero-order valence-corrected chi connectivity index (χ0v) is 11.9. The van der Waals surface area contributed by atoms with Crippen molar-refractivity contribution >= 4 is 22.7 Å². The number of nitrogens with zero attached hydrogens (tertiary/aromatic N) is 3. The molecular formula is C15H16N4O2. The van der Waals surface area contributed by atoms with Crippen LogP contribution in [-0.2, 0) is 0 Å². The molecule has 21 heavy (non-hydrogen) atoms. The van der Waals surface area contributed by atoms with E-state index in [2.05, 4.69) is 24.1 Å². The third kappa shape index (κ3) is 3.62. The number of azo groups is 1. The lowest BCUT2D eigenvalue weighted by Crippen LogP contribution is -1.91. The van der Waals surface area contributed by atoms with Gasteiger partial charge in [-0.15, -0.1) is 0 Å². The number of nitrogen functional groups attached to an aromatic ring is 1. The first-order valence-corrected chi connectivity index (χ1v) is 6.53. The molecule has 0 aliphatic rings. The number of hydrogen-bond acceptors (Lipinski definition) is 5. The number of nitrogens with two attached hydrogens (primary N) is 1. The van der Waals surface area contributed by atoms with Crippen LogP contribution in [0.5, 0.6) is 0 Å². The van der Waals surface area contributed by atoms with Gasteiger partial charge in [-0.05, 0) is 41.8 Å². The van der Waals surface area contributed by atoms with Gasteiger partial charge in [0.1, 0.15) is 0 Å². The van der Waals surface area contributed by atoms with Crippen LogP contribution in [0.25, 0.3) is 0 Å². The Labute approximate surface area is 122 Å². The first kappa shape index (κ1) is 14.6. The molecule has 6 heteroatoms. The van der Waals surface area contributed by atoms with Crippen molar-refractivity contribution < 1.29 is 4.92 Å². The SMILES string of the molecule is CC(C)c1cc(N)ccc1/N=N/c1ccc([N+](=O)[O-])cc1. The van der Waals surface area contributed by atoms with E-state index in [-0.39, 0.29) is 11.6 Å². The first-order chi connectivity index (χ1) is 9.97. The number of rotatable bonds is 4. The van der Waals surface area contributed by atoms with E-state index < -0.39 is 4.92 Å². The molecule has 0 amide bonds. The molecule has 2 rings (SSSR count). The van der Waals surface area contributed by atoms with E-state index >= 15 is 0 Å². The van der Waals surface area contributed by atoms with Crippen LogP contribution in [0.15, 0.2) is 52.7 Å². The highest BCUT2D eigenvalue weighted by molar-refractivity contribution is 5.56. The normalized spacial score (nSPS) is 11.2. The Morgan fingerprint density at radius 3 is 2.33 bits per heavy atom. The van der Waals surface area contributed by atoms with Crippen molar-refractivity contribution in [1.82, 2.24) is 0 Å². The van der Waals surface area contributed by atoms with Crippen molar-refractivity contribution in [2.45, 2.75) is 19.8 Å². The molecule has 0 fully saturated rings. The molecule has 0 spiro atoms. The van der Waals surface area contributed by atoms with Crippen LogP contribution in [0, 0.1) is 10.1 Å². The van der Waals surface area contributed by atoms with Crippen molar-refractivity contribution in [3.8, 4) is 0 Å². The smallest absolute Gasteiger partial charge is 0.269 e. The van der Waals surface area contributed by atoms with E-state index in [4.69, 9.17) is 5.73 Å². The summed E-state index contributed by atoms with van der Waals surface area (Å²) in [4.78, 5) is 10.1. The Kier molecular flexibility index (Phi) is 4.27. The Morgan fingerprint density at radius 1 is 1.10 bits per heavy atom. The largest absolute Gasteiger partial charge is 0.399 e. The van der Waals surface area contributed by atoms with Crippen molar-refractivity contribution in [3.05, 3.63) is 58.1 Å². The van der Waals surface area contributed by atoms with Gasteiger partial charge in [0.25, 0.3) is 5.69 Å². The van der Waals surface area contributed by atoms with Gasteiger partial charge in [-0.25, -0.2) is 0 Å². The Balaban J connectivity index is 2.27. The van der Waals surface area contributed by atoms with Crippen LogP contribution in [0.3, 0.4) is 0 Å². The van der Waals surface area contributed by atoms with Gasteiger partial charge in [0.2, 0.25) is 0 Å². The quantitative estimate of drug-likeness (QED) is 0.381. The molecule has 0 bridgehead atoms. The third-order valence-corrected chi connectivity index (χ3v) is 3.01. The molecular weight excluding hydrogens is 268 g/mol. The molecule has 0 heterocycles. The number of non-ortho nitro benzene ring substituents is 1. The average Bonchev–Trinajstić information content (AvgIpc) is 2.46. The minimum absolute atomic E-state index is 0.0318. The van der Waals surface area contributed by atoms with Crippen molar-refractivity contribution in [1.29, 1.82) is 0 Å². The molecule has 0 unspecified atom stereocenters. The van der Waals surface area contributed by atoms with Crippen LogP contribution in [0.2, 0.25) is 0 Å². The number of anilines is 1.